The lowest BCUT2D eigenvalue weighted by atomic mass is 10.1. The van der Waals surface area contributed by atoms with Gasteiger partial charge in [-0.05, 0) is 44.0 Å². The van der Waals surface area contributed by atoms with Gasteiger partial charge in [0.05, 0.1) is 0 Å². The van der Waals surface area contributed by atoms with Gasteiger partial charge in [0.1, 0.15) is 10.6 Å². The summed E-state index contributed by atoms with van der Waals surface area (Å²) in [6.07, 6.45) is 0. The van der Waals surface area contributed by atoms with Crippen LogP contribution in [0.1, 0.15) is 18.1 Å². The molecule has 1 aromatic carbocycles. The molecule has 0 bridgehead atoms. The van der Waals surface area contributed by atoms with Crippen molar-refractivity contribution in [2.75, 3.05) is 0 Å². The quantitative estimate of drug-likeness (QED) is 0.462. The van der Waals surface area contributed by atoms with E-state index in [1.165, 1.54) is 0 Å². The van der Waals surface area contributed by atoms with Gasteiger partial charge in [-0.15, -0.1) is 0 Å². The molecule has 0 aliphatic rings. The SMILES string of the molecule is Cc1cc(C)cc(OC(=O)C(C)Br)c1. The number of hydrogen-bond acceptors (Lipinski definition) is 2. The molecule has 0 saturated carbocycles. The minimum atomic E-state index is -0.275. The number of rotatable bonds is 2. The van der Waals surface area contributed by atoms with Gasteiger partial charge in [-0.2, -0.15) is 0 Å². The lowest BCUT2D eigenvalue weighted by Gasteiger charge is -2.07. The maximum Gasteiger partial charge on any atom is 0.324 e. The molecule has 1 atom stereocenters. The molecule has 14 heavy (non-hydrogen) atoms. The number of carbonyl (C=O) groups excluding carboxylic acids is 1. The minimum Gasteiger partial charge on any atom is -0.426 e. The van der Waals surface area contributed by atoms with Gasteiger partial charge in [-0.3, -0.25) is 4.79 Å². The zero-order valence-corrected chi connectivity index (χ0v) is 10.1. The minimum absolute atomic E-state index is 0.269. The Hall–Kier alpha value is -0.830. The van der Waals surface area contributed by atoms with E-state index in [1.54, 1.807) is 6.92 Å². The predicted octanol–water partition coefficient (Wildman–Crippen LogP) is 2.99. The van der Waals surface area contributed by atoms with E-state index in [9.17, 15) is 4.79 Å². The summed E-state index contributed by atoms with van der Waals surface area (Å²) in [5.41, 5.74) is 2.19. The first-order chi connectivity index (χ1) is 6.49. The summed E-state index contributed by atoms with van der Waals surface area (Å²) in [5.74, 6) is 0.341. The largest absolute Gasteiger partial charge is 0.426 e. The van der Waals surface area contributed by atoms with Crippen molar-refractivity contribution in [2.24, 2.45) is 0 Å². The molecular weight excluding hydrogens is 244 g/mol. The zero-order chi connectivity index (χ0) is 10.7. The molecule has 0 saturated heterocycles. The fourth-order valence-corrected chi connectivity index (χ4v) is 1.28. The van der Waals surface area contributed by atoms with E-state index >= 15 is 0 Å². The van der Waals surface area contributed by atoms with E-state index in [2.05, 4.69) is 15.9 Å². The third-order valence-corrected chi connectivity index (χ3v) is 2.11. The van der Waals surface area contributed by atoms with Gasteiger partial charge in [-0.25, -0.2) is 0 Å². The highest BCUT2D eigenvalue weighted by atomic mass is 79.9. The first-order valence-electron chi connectivity index (χ1n) is 4.43. The van der Waals surface area contributed by atoms with Gasteiger partial charge < -0.3 is 4.74 Å². The highest BCUT2D eigenvalue weighted by Crippen LogP contribution is 2.17. The summed E-state index contributed by atoms with van der Waals surface area (Å²) in [7, 11) is 0. The third-order valence-electron chi connectivity index (χ3n) is 1.74. The van der Waals surface area contributed by atoms with Crippen molar-refractivity contribution in [3.05, 3.63) is 29.3 Å². The van der Waals surface area contributed by atoms with Crippen molar-refractivity contribution in [2.45, 2.75) is 25.6 Å². The van der Waals surface area contributed by atoms with Crippen molar-refractivity contribution < 1.29 is 9.53 Å². The van der Waals surface area contributed by atoms with Crippen molar-refractivity contribution in [1.29, 1.82) is 0 Å². The van der Waals surface area contributed by atoms with Crippen LogP contribution in [0.5, 0.6) is 5.75 Å². The molecule has 0 amide bonds. The van der Waals surface area contributed by atoms with Crippen LogP contribution in [-0.2, 0) is 4.79 Å². The molecule has 0 aromatic heterocycles. The third kappa shape index (κ3) is 3.14. The van der Waals surface area contributed by atoms with Gasteiger partial charge in [0.15, 0.2) is 0 Å². The second-order valence-electron chi connectivity index (χ2n) is 3.36. The second kappa shape index (κ2) is 4.60. The van der Waals surface area contributed by atoms with Gasteiger partial charge in [0.2, 0.25) is 0 Å². The molecule has 0 aliphatic carbocycles. The first-order valence-corrected chi connectivity index (χ1v) is 5.34. The van der Waals surface area contributed by atoms with E-state index in [-0.39, 0.29) is 10.8 Å². The molecule has 0 spiro atoms. The summed E-state index contributed by atoms with van der Waals surface area (Å²) in [5, 5.41) is 0. The number of ether oxygens (including phenoxy) is 1. The highest BCUT2D eigenvalue weighted by molar-refractivity contribution is 9.10. The number of hydrogen-bond donors (Lipinski definition) is 0. The Morgan fingerprint density at radius 2 is 1.79 bits per heavy atom. The Morgan fingerprint density at radius 1 is 1.29 bits per heavy atom. The smallest absolute Gasteiger partial charge is 0.324 e. The van der Waals surface area contributed by atoms with Crippen LogP contribution in [0.15, 0.2) is 18.2 Å². The molecule has 0 aliphatic heterocycles. The van der Waals surface area contributed by atoms with Gasteiger partial charge in [0.25, 0.3) is 0 Å². The number of esters is 1. The van der Waals surface area contributed by atoms with Crippen LogP contribution in [0.4, 0.5) is 0 Å². The highest BCUT2D eigenvalue weighted by Gasteiger charge is 2.11. The molecule has 0 N–H and O–H groups in total. The monoisotopic (exact) mass is 256 g/mol. The number of halogens is 1. The summed E-state index contributed by atoms with van der Waals surface area (Å²) in [6, 6.07) is 5.73. The van der Waals surface area contributed by atoms with Crippen molar-refractivity contribution in [3.63, 3.8) is 0 Å². The maximum absolute atomic E-state index is 11.3. The Kier molecular flexibility index (Phi) is 3.69. The molecule has 2 nitrogen and oxygen atoms in total. The van der Waals surface area contributed by atoms with E-state index in [0.29, 0.717) is 5.75 Å². The second-order valence-corrected chi connectivity index (χ2v) is 4.73. The number of carbonyl (C=O) groups is 1. The van der Waals surface area contributed by atoms with Crippen LogP contribution < -0.4 is 4.74 Å². The summed E-state index contributed by atoms with van der Waals surface area (Å²) in [4.78, 5) is 11.0. The molecular formula is C11H13BrO2. The Balaban J connectivity index is 2.82. The van der Waals surface area contributed by atoms with Crippen molar-refractivity contribution in [1.82, 2.24) is 0 Å². The number of alkyl halides is 1. The first kappa shape index (κ1) is 11.2. The predicted molar refractivity (Wildman–Crippen MR) is 59.9 cm³/mol. The summed E-state index contributed by atoms with van der Waals surface area (Å²) < 4.78 is 5.15. The van der Waals surface area contributed by atoms with Crippen LogP contribution in [-0.4, -0.2) is 10.8 Å². The zero-order valence-electron chi connectivity index (χ0n) is 8.50. The fraction of sp³-hybridized carbons (Fsp3) is 0.364. The topological polar surface area (TPSA) is 26.3 Å². The fourth-order valence-electron chi connectivity index (χ4n) is 1.19. The van der Waals surface area contributed by atoms with E-state index in [0.717, 1.165) is 11.1 Å². The van der Waals surface area contributed by atoms with E-state index in [1.807, 2.05) is 32.0 Å². The molecule has 0 heterocycles. The molecule has 76 valence electrons. The summed E-state index contributed by atoms with van der Waals surface area (Å²) in [6.45, 7) is 5.69. The van der Waals surface area contributed by atoms with Crippen LogP contribution in [0, 0.1) is 13.8 Å². The Bertz CT molecular complexity index is 325. The molecule has 3 heteroatoms. The molecule has 0 fully saturated rings. The van der Waals surface area contributed by atoms with Crippen LogP contribution in [0.2, 0.25) is 0 Å². The van der Waals surface area contributed by atoms with Crippen LogP contribution in [0.3, 0.4) is 0 Å². The number of aryl methyl sites for hydroxylation is 2. The number of benzene rings is 1. The van der Waals surface area contributed by atoms with Crippen LogP contribution in [0.25, 0.3) is 0 Å². The molecule has 0 radical (unpaired) electrons. The van der Waals surface area contributed by atoms with Gasteiger partial charge in [0, 0.05) is 0 Å². The Morgan fingerprint density at radius 3 is 2.21 bits per heavy atom. The van der Waals surface area contributed by atoms with Gasteiger partial charge >= 0.3 is 5.97 Å². The molecule has 1 unspecified atom stereocenters. The Labute approximate surface area is 92.4 Å². The van der Waals surface area contributed by atoms with E-state index in [4.69, 9.17) is 4.74 Å². The normalized spacial score (nSPS) is 12.3. The lowest BCUT2D eigenvalue weighted by molar-refractivity contribution is -0.133. The average Bonchev–Trinajstić information content (AvgIpc) is 2.01. The van der Waals surface area contributed by atoms with Crippen molar-refractivity contribution in [3.8, 4) is 5.75 Å². The van der Waals surface area contributed by atoms with E-state index < -0.39 is 0 Å². The average molecular weight is 257 g/mol. The maximum atomic E-state index is 11.3. The molecule has 1 aromatic rings. The van der Waals surface area contributed by atoms with Gasteiger partial charge in [-0.1, -0.05) is 22.0 Å². The lowest BCUT2D eigenvalue weighted by Crippen LogP contribution is -2.17. The standard InChI is InChI=1S/C11H13BrO2/c1-7-4-8(2)6-10(5-7)14-11(13)9(3)12/h4-6,9H,1-3H3. The summed E-state index contributed by atoms with van der Waals surface area (Å²) >= 11 is 3.16. The van der Waals surface area contributed by atoms with Crippen LogP contribution >= 0.6 is 15.9 Å². The van der Waals surface area contributed by atoms with Crippen molar-refractivity contribution >= 4 is 21.9 Å². The molecule has 1 rings (SSSR count).